The Morgan fingerprint density at radius 1 is 1.48 bits per heavy atom. The van der Waals surface area contributed by atoms with E-state index in [1.54, 1.807) is 24.5 Å². The first kappa shape index (κ1) is 17.6. The van der Waals surface area contributed by atoms with E-state index in [4.69, 9.17) is 16.3 Å². The summed E-state index contributed by atoms with van der Waals surface area (Å²) in [6, 6.07) is 7.38. The summed E-state index contributed by atoms with van der Waals surface area (Å²) in [5, 5.41) is 7.09. The Bertz CT molecular complexity index is 659. The minimum absolute atomic E-state index is 0.531. The lowest BCUT2D eigenvalue weighted by Crippen LogP contribution is -2.40. The van der Waals surface area contributed by atoms with Crippen molar-refractivity contribution >= 4 is 28.9 Å². The number of aliphatic imine (C=N–C) groups is 1. The van der Waals surface area contributed by atoms with Crippen LogP contribution in [0.2, 0.25) is 5.02 Å². The Hall–Kier alpha value is -1.79. The van der Waals surface area contributed by atoms with Crippen molar-refractivity contribution < 1.29 is 4.74 Å². The SMILES string of the molecule is CN=C(NCCOc1cccc(Cl)c1)N(C)Cc1csc(C)n1. The molecular weight excluding hydrogens is 332 g/mol. The fraction of sp³-hybridized carbons (Fsp3) is 0.375. The molecule has 7 heteroatoms. The van der Waals surface area contributed by atoms with E-state index >= 15 is 0 Å². The highest BCUT2D eigenvalue weighted by atomic mass is 35.5. The monoisotopic (exact) mass is 352 g/mol. The van der Waals surface area contributed by atoms with Crippen molar-refractivity contribution in [1.82, 2.24) is 15.2 Å². The Morgan fingerprint density at radius 3 is 2.96 bits per heavy atom. The van der Waals surface area contributed by atoms with Gasteiger partial charge in [0.25, 0.3) is 0 Å². The quantitative estimate of drug-likeness (QED) is 0.493. The van der Waals surface area contributed by atoms with Crippen LogP contribution in [-0.4, -0.2) is 43.1 Å². The summed E-state index contributed by atoms with van der Waals surface area (Å²) in [6.45, 7) is 3.91. The van der Waals surface area contributed by atoms with Gasteiger partial charge in [-0.15, -0.1) is 11.3 Å². The molecule has 0 amide bonds. The predicted octanol–water partition coefficient (Wildman–Crippen LogP) is 3.19. The molecule has 124 valence electrons. The number of ether oxygens (including phenoxy) is 1. The number of benzene rings is 1. The molecule has 1 aromatic carbocycles. The number of thiazole rings is 1. The molecule has 1 aromatic heterocycles. The summed E-state index contributed by atoms with van der Waals surface area (Å²) >= 11 is 7.58. The first-order valence-electron chi connectivity index (χ1n) is 7.29. The number of guanidine groups is 1. The molecule has 1 N–H and O–H groups in total. The molecule has 0 atom stereocenters. The highest BCUT2D eigenvalue weighted by Crippen LogP contribution is 2.16. The van der Waals surface area contributed by atoms with Gasteiger partial charge < -0.3 is 15.0 Å². The molecule has 0 spiro atoms. The molecule has 23 heavy (non-hydrogen) atoms. The summed E-state index contributed by atoms with van der Waals surface area (Å²) in [6.07, 6.45) is 0. The number of aromatic nitrogens is 1. The zero-order valence-electron chi connectivity index (χ0n) is 13.5. The number of hydrogen-bond acceptors (Lipinski definition) is 4. The van der Waals surface area contributed by atoms with Crippen molar-refractivity contribution in [2.45, 2.75) is 13.5 Å². The molecule has 0 saturated carbocycles. The highest BCUT2D eigenvalue weighted by Gasteiger charge is 2.08. The number of aryl methyl sites for hydroxylation is 1. The van der Waals surface area contributed by atoms with Crippen LogP contribution in [0.25, 0.3) is 0 Å². The Kier molecular flexibility index (Phi) is 6.67. The molecule has 1 heterocycles. The van der Waals surface area contributed by atoms with Gasteiger partial charge in [-0.25, -0.2) is 4.98 Å². The predicted molar refractivity (Wildman–Crippen MR) is 96.6 cm³/mol. The minimum atomic E-state index is 0.531. The van der Waals surface area contributed by atoms with E-state index < -0.39 is 0 Å². The lowest BCUT2D eigenvalue weighted by molar-refractivity contribution is 0.319. The molecule has 2 rings (SSSR count). The lowest BCUT2D eigenvalue weighted by atomic mass is 10.3. The van der Waals surface area contributed by atoms with Crippen LogP contribution in [0.3, 0.4) is 0 Å². The molecule has 2 aromatic rings. The average Bonchev–Trinajstić information content (AvgIpc) is 2.92. The summed E-state index contributed by atoms with van der Waals surface area (Å²) in [5.41, 5.74) is 1.05. The number of halogens is 1. The maximum absolute atomic E-state index is 5.92. The number of nitrogens with zero attached hydrogens (tertiary/aromatic N) is 3. The number of nitrogens with one attached hydrogen (secondary N) is 1. The highest BCUT2D eigenvalue weighted by molar-refractivity contribution is 7.09. The van der Waals surface area contributed by atoms with Crippen LogP contribution < -0.4 is 10.1 Å². The third-order valence-electron chi connectivity index (χ3n) is 3.09. The smallest absolute Gasteiger partial charge is 0.193 e. The maximum Gasteiger partial charge on any atom is 0.193 e. The van der Waals surface area contributed by atoms with E-state index in [2.05, 4.69) is 20.7 Å². The van der Waals surface area contributed by atoms with Gasteiger partial charge in [0.15, 0.2) is 5.96 Å². The first-order valence-corrected chi connectivity index (χ1v) is 8.55. The summed E-state index contributed by atoms with van der Waals surface area (Å²) < 4.78 is 5.65. The third kappa shape index (κ3) is 5.73. The van der Waals surface area contributed by atoms with Crippen molar-refractivity contribution in [2.75, 3.05) is 27.2 Å². The van der Waals surface area contributed by atoms with Crippen LogP contribution in [0.4, 0.5) is 0 Å². The molecule has 0 unspecified atom stereocenters. The zero-order valence-corrected chi connectivity index (χ0v) is 15.1. The fourth-order valence-electron chi connectivity index (χ4n) is 2.07. The van der Waals surface area contributed by atoms with Gasteiger partial charge >= 0.3 is 0 Å². The molecule has 5 nitrogen and oxygen atoms in total. The van der Waals surface area contributed by atoms with Gasteiger partial charge in [-0.3, -0.25) is 4.99 Å². The van der Waals surface area contributed by atoms with E-state index in [1.807, 2.05) is 37.1 Å². The van der Waals surface area contributed by atoms with Gasteiger partial charge in [0, 0.05) is 24.5 Å². The lowest BCUT2D eigenvalue weighted by Gasteiger charge is -2.21. The average molecular weight is 353 g/mol. The van der Waals surface area contributed by atoms with Crippen LogP contribution in [0, 0.1) is 6.92 Å². The van der Waals surface area contributed by atoms with Crippen molar-refractivity contribution in [3.63, 3.8) is 0 Å². The molecule has 0 aliphatic rings. The van der Waals surface area contributed by atoms with Crippen LogP contribution in [0.15, 0.2) is 34.6 Å². The van der Waals surface area contributed by atoms with E-state index in [0.29, 0.717) is 18.2 Å². The molecule has 0 saturated heterocycles. The third-order valence-corrected chi connectivity index (χ3v) is 4.15. The second-order valence-corrected chi connectivity index (χ2v) is 6.49. The van der Waals surface area contributed by atoms with Crippen molar-refractivity contribution in [3.05, 3.63) is 45.4 Å². The summed E-state index contributed by atoms with van der Waals surface area (Å²) in [7, 11) is 3.75. The van der Waals surface area contributed by atoms with Gasteiger partial charge in [0.05, 0.1) is 23.8 Å². The number of rotatable bonds is 6. The van der Waals surface area contributed by atoms with E-state index in [-0.39, 0.29) is 0 Å². The maximum atomic E-state index is 5.92. The van der Waals surface area contributed by atoms with Gasteiger partial charge in [0.1, 0.15) is 12.4 Å². The second-order valence-electron chi connectivity index (χ2n) is 4.99. The topological polar surface area (TPSA) is 49.8 Å². The molecule has 0 aliphatic heterocycles. The first-order chi connectivity index (χ1) is 11.1. The van der Waals surface area contributed by atoms with Crippen molar-refractivity contribution in [2.24, 2.45) is 4.99 Å². The van der Waals surface area contributed by atoms with Crippen molar-refractivity contribution in [1.29, 1.82) is 0 Å². The molecule has 0 bridgehead atoms. The zero-order chi connectivity index (χ0) is 16.7. The van der Waals surface area contributed by atoms with Gasteiger partial charge in [-0.05, 0) is 25.1 Å². The van der Waals surface area contributed by atoms with Crippen LogP contribution in [-0.2, 0) is 6.54 Å². The van der Waals surface area contributed by atoms with Gasteiger partial charge in [-0.2, -0.15) is 0 Å². The largest absolute Gasteiger partial charge is 0.492 e. The van der Waals surface area contributed by atoms with Gasteiger partial charge in [0.2, 0.25) is 0 Å². The molecule has 0 aliphatic carbocycles. The number of hydrogen-bond donors (Lipinski definition) is 1. The molecule has 0 radical (unpaired) electrons. The van der Waals surface area contributed by atoms with E-state index in [1.165, 1.54) is 0 Å². The van der Waals surface area contributed by atoms with Crippen LogP contribution in [0.5, 0.6) is 5.75 Å². The fourth-order valence-corrected chi connectivity index (χ4v) is 2.86. The van der Waals surface area contributed by atoms with E-state index in [9.17, 15) is 0 Å². The van der Waals surface area contributed by atoms with Crippen LogP contribution in [0.1, 0.15) is 10.7 Å². The standard InChI is InChI=1S/C16H21ClN4OS/c1-12-20-14(11-23-12)10-21(3)16(18-2)19-7-8-22-15-6-4-5-13(17)9-15/h4-6,9,11H,7-8,10H2,1-3H3,(H,18,19). The Labute approximate surface area is 146 Å². The second kappa shape index (κ2) is 8.74. The summed E-state index contributed by atoms with van der Waals surface area (Å²) in [5.74, 6) is 1.57. The summed E-state index contributed by atoms with van der Waals surface area (Å²) in [4.78, 5) is 10.8. The Balaban J connectivity index is 1.76. The molecule has 0 fully saturated rings. The van der Waals surface area contributed by atoms with Gasteiger partial charge in [-0.1, -0.05) is 17.7 Å². The van der Waals surface area contributed by atoms with Crippen LogP contribution >= 0.6 is 22.9 Å². The Morgan fingerprint density at radius 2 is 2.30 bits per heavy atom. The normalized spacial score (nSPS) is 11.4. The minimum Gasteiger partial charge on any atom is -0.492 e. The van der Waals surface area contributed by atoms with Crippen molar-refractivity contribution in [3.8, 4) is 5.75 Å². The molecular formula is C16H21ClN4OS. The van der Waals surface area contributed by atoms with E-state index in [0.717, 1.165) is 29.0 Å².